The number of likely N-dealkylation sites (N-methyl/N-ethyl adjacent to an activating group) is 1. The van der Waals surface area contributed by atoms with Crippen LogP contribution in [0.3, 0.4) is 0 Å². The van der Waals surface area contributed by atoms with Gasteiger partial charge in [-0.3, -0.25) is 4.79 Å². The lowest BCUT2D eigenvalue weighted by Crippen LogP contribution is -2.47. The van der Waals surface area contributed by atoms with Gasteiger partial charge < -0.3 is 14.6 Å². The number of rotatable bonds is 2. The summed E-state index contributed by atoms with van der Waals surface area (Å²) in [5.74, 6) is 1.70. The molecular formula is C14H22N2O2. The van der Waals surface area contributed by atoms with E-state index in [1.54, 1.807) is 0 Å². The molecule has 1 aliphatic rings. The quantitative estimate of drug-likeness (QED) is 0.873. The third-order valence-corrected chi connectivity index (χ3v) is 3.89. The zero-order valence-corrected chi connectivity index (χ0v) is 11.7. The predicted molar refractivity (Wildman–Crippen MR) is 70.9 cm³/mol. The molecule has 1 fully saturated rings. The summed E-state index contributed by atoms with van der Waals surface area (Å²) in [6, 6.07) is 0.413. The summed E-state index contributed by atoms with van der Waals surface area (Å²) < 4.78 is 5.55. The molecule has 1 aromatic heterocycles. The van der Waals surface area contributed by atoms with Crippen LogP contribution in [0.25, 0.3) is 0 Å². The highest BCUT2D eigenvalue weighted by atomic mass is 16.3. The van der Waals surface area contributed by atoms with E-state index in [9.17, 15) is 4.79 Å². The number of hydrogen-bond acceptors (Lipinski definition) is 3. The summed E-state index contributed by atoms with van der Waals surface area (Å²) in [4.78, 5) is 14.5. The number of carbonyl (C=O) groups excluding carboxylic acids is 1. The second-order valence-corrected chi connectivity index (χ2v) is 5.09. The van der Waals surface area contributed by atoms with E-state index in [4.69, 9.17) is 4.42 Å². The van der Waals surface area contributed by atoms with Crippen LogP contribution in [0.5, 0.6) is 0 Å². The zero-order valence-electron chi connectivity index (χ0n) is 11.7. The molecule has 1 unspecified atom stereocenters. The summed E-state index contributed by atoms with van der Waals surface area (Å²) in [7, 11) is 1.96. The van der Waals surface area contributed by atoms with Crippen LogP contribution in [0.4, 0.5) is 0 Å². The predicted octanol–water partition coefficient (Wildman–Crippen LogP) is 2.03. The first-order valence-corrected chi connectivity index (χ1v) is 6.57. The van der Waals surface area contributed by atoms with Crippen molar-refractivity contribution < 1.29 is 9.21 Å². The molecule has 4 heteroatoms. The molecule has 0 aromatic carbocycles. The molecule has 1 amide bonds. The minimum Gasteiger partial charge on any atom is -0.466 e. The topological polar surface area (TPSA) is 45.5 Å². The zero-order chi connectivity index (χ0) is 13.3. The van der Waals surface area contributed by atoms with E-state index in [0.29, 0.717) is 6.04 Å². The minimum absolute atomic E-state index is 0.113. The number of carbonyl (C=O) groups is 1. The van der Waals surface area contributed by atoms with E-state index in [2.05, 4.69) is 5.32 Å². The van der Waals surface area contributed by atoms with Crippen molar-refractivity contribution in [3.8, 4) is 0 Å². The first-order chi connectivity index (χ1) is 8.54. The molecule has 0 saturated carbocycles. The Balaban J connectivity index is 2.20. The van der Waals surface area contributed by atoms with Crippen LogP contribution in [0, 0.1) is 20.8 Å². The minimum atomic E-state index is 0.113. The molecule has 1 N–H and O–H groups in total. The first kappa shape index (κ1) is 13.1. The van der Waals surface area contributed by atoms with Gasteiger partial charge in [-0.15, -0.1) is 0 Å². The Hall–Kier alpha value is -1.29. The van der Waals surface area contributed by atoms with E-state index in [1.165, 1.54) is 0 Å². The summed E-state index contributed by atoms with van der Waals surface area (Å²) in [5, 5.41) is 3.26. The van der Waals surface area contributed by atoms with Crippen molar-refractivity contribution in [3.63, 3.8) is 0 Å². The van der Waals surface area contributed by atoms with Gasteiger partial charge in [-0.05, 0) is 40.7 Å². The van der Waals surface area contributed by atoms with Crippen molar-refractivity contribution in [2.24, 2.45) is 0 Å². The Labute approximate surface area is 108 Å². The van der Waals surface area contributed by atoms with Gasteiger partial charge in [-0.25, -0.2) is 0 Å². The monoisotopic (exact) mass is 250 g/mol. The molecule has 4 nitrogen and oxygen atoms in total. The Morgan fingerprint density at radius 1 is 1.33 bits per heavy atom. The van der Waals surface area contributed by atoms with Crippen molar-refractivity contribution in [1.82, 2.24) is 10.2 Å². The number of aryl methyl sites for hydroxylation is 2. The number of furan rings is 1. The highest BCUT2D eigenvalue weighted by Crippen LogP contribution is 2.23. The summed E-state index contributed by atoms with van der Waals surface area (Å²) in [5.41, 5.74) is 1.73. The Morgan fingerprint density at radius 3 is 2.61 bits per heavy atom. The van der Waals surface area contributed by atoms with E-state index in [1.807, 2.05) is 32.7 Å². The van der Waals surface area contributed by atoms with Gasteiger partial charge in [0.1, 0.15) is 11.5 Å². The first-order valence-electron chi connectivity index (χ1n) is 6.57. The highest BCUT2D eigenvalue weighted by Gasteiger charge is 2.27. The van der Waals surface area contributed by atoms with Gasteiger partial charge in [0.2, 0.25) is 0 Å². The van der Waals surface area contributed by atoms with Gasteiger partial charge in [0.05, 0.1) is 5.56 Å². The summed E-state index contributed by atoms with van der Waals surface area (Å²) in [6.45, 7) is 7.37. The SMILES string of the molecule is CNC1CCCN(C(=O)c2c(C)oc(C)c2C)C1. The summed E-state index contributed by atoms with van der Waals surface area (Å²) in [6.07, 6.45) is 2.20. The summed E-state index contributed by atoms with van der Waals surface area (Å²) >= 11 is 0. The van der Waals surface area contributed by atoms with E-state index >= 15 is 0 Å². The number of nitrogens with one attached hydrogen (secondary N) is 1. The van der Waals surface area contributed by atoms with Crippen LogP contribution in [0.2, 0.25) is 0 Å². The van der Waals surface area contributed by atoms with Gasteiger partial charge >= 0.3 is 0 Å². The molecule has 2 heterocycles. The van der Waals surface area contributed by atoms with Gasteiger partial charge in [0, 0.05) is 24.7 Å². The maximum absolute atomic E-state index is 12.6. The molecular weight excluding hydrogens is 228 g/mol. The molecule has 1 aliphatic heterocycles. The Kier molecular flexibility index (Phi) is 3.76. The van der Waals surface area contributed by atoms with Crippen molar-refractivity contribution >= 4 is 5.91 Å². The molecule has 2 rings (SSSR count). The molecule has 0 radical (unpaired) electrons. The molecule has 18 heavy (non-hydrogen) atoms. The molecule has 0 spiro atoms. The number of amides is 1. The Bertz CT molecular complexity index is 451. The Morgan fingerprint density at radius 2 is 2.06 bits per heavy atom. The maximum atomic E-state index is 12.6. The lowest BCUT2D eigenvalue weighted by molar-refractivity contribution is 0.0696. The van der Waals surface area contributed by atoms with Crippen molar-refractivity contribution in [2.75, 3.05) is 20.1 Å². The molecule has 100 valence electrons. The third-order valence-electron chi connectivity index (χ3n) is 3.89. The average Bonchev–Trinajstić information content (AvgIpc) is 2.62. The number of piperidine rings is 1. The van der Waals surface area contributed by atoms with Gasteiger partial charge in [-0.1, -0.05) is 0 Å². The van der Waals surface area contributed by atoms with E-state index in [0.717, 1.165) is 48.6 Å². The fraction of sp³-hybridized carbons (Fsp3) is 0.643. The highest BCUT2D eigenvalue weighted by molar-refractivity contribution is 5.97. The fourth-order valence-electron chi connectivity index (χ4n) is 2.66. The largest absolute Gasteiger partial charge is 0.466 e. The fourth-order valence-corrected chi connectivity index (χ4v) is 2.66. The molecule has 1 atom stereocenters. The number of nitrogens with zero attached hydrogens (tertiary/aromatic N) is 1. The van der Waals surface area contributed by atoms with Crippen LogP contribution in [-0.4, -0.2) is 37.0 Å². The standard InChI is InChI=1S/C14H22N2O2/c1-9-10(2)18-11(3)13(9)14(17)16-7-5-6-12(8-16)15-4/h12,15H,5-8H2,1-4H3. The lowest BCUT2D eigenvalue weighted by atomic mass is 10.0. The van der Waals surface area contributed by atoms with Crippen LogP contribution in [0.15, 0.2) is 4.42 Å². The average molecular weight is 250 g/mol. The van der Waals surface area contributed by atoms with Crippen LogP contribution in [-0.2, 0) is 0 Å². The van der Waals surface area contributed by atoms with Gasteiger partial charge in [0.25, 0.3) is 5.91 Å². The van der Waals surface area contributed by atoms with Crippen molar-refractivity contribution in [3.05, 3.63) is 22.6 Å². The van der Waals surface area contributed by atoms with E-state index < -0.39 is 0 Å². The van der Waals surface area contributed by atoms with Crippen LogP contribution < -0.4 is 5.32 Å². The second-order valence-electron chi connectivity index (χ2n) is 5.09. The lowest BCUT2D eigenvalue weighted by Gasteiger charge is -2.32. The smallest absolute Gasteiger partial charge is 0.257 e. The molecule has 1 saturated heterocycles. The van der Waals surface area contributed by atoms with E-state index in [-0.39, 0.29) is 5.91 Å². The maximum Gasteiger partial charge on any atom is 0.257 e. The van der Waals surface area contributed by atoms with Crippen LogP contribution >= 0.6 is 0 Å². The number of hydrogen-bond donors (Lipinski definition) is 1. The molecule has 0 aliphatic carbocycles. The van der Waals surface area contributed by atoms with Crippen molar-refractivity contribution in [1.29, 1.82) is 0 Å². The van der Waals surface area contributed by atoms with Crippen LogP contribution in [0.1, 0.15) is 40.3 Å². The van der Waals surface area contributed by atoms with Gasteiger partial charge in [0.15, 0.2) is 0 Å². The van der Waals surface area contributed by atoms with Crippen molar-refractivity contribution in [2.45, 2.75) is 39.7 Å². The second kappa shape index (κ2) is 5.14. The number of likely N-dealkylation sites (tertiary alicyclic amines) is 1. The molecule has 0 bridgehead atoms. The normalized spacial score (nSPS) is 20.2. The van der Waals surface area contributed by atoms with Gasteiger partial charge in [-0.2, -0.15) is 0 Å². The third kappa shape index (κ3) is 2.29. The molecule has 1 aromatic rings.